The van der Waals surface area contributed by atoms with E-state index in [0.29, 0.717) is 0 Å². The number of hydrogen-bond donors (Lipinski definition) is 2. The van der Waals surface area contributed by atoms with E-state index in [4.69, 9.17) is 9.52 Å². The van der Waals surface area contributed by atoms with E-state index in [1.165, 1.54) is 30.5 Å². The van der Waals surface area contributed by atoms with Crippen LogP contribution in [0.3, 0.4) is 0 Å². The zero-order valence-electron chi connectivity index (χ0n) is 11.1. The maximum atomic E-state index is 12.0. The van der Waals surface area contributed by atoms with Gasteiger partial charge in [0.15, 0.2) is 0 Å². The quantitative estimate of drug-likeness (QED) is 0.495. The molecule has 2 N–H and O–H groups in total. The van der Waals surface area contributed by atoms with Crippen molar-refractivity contribution < 1.29 is 24.0 Å². The Morgan fingerprint density at radius 1 is 1.27 bits per heavy atom. The maximum Gasteiger partial charge on any atom is 0.352 e. The summed E-state index contributed by atoms with van der Waals surface area (Å²) in [6.45, 7) is 0. The molecular formula is C14H10N2O6. The predicted molar refractivity (Wildman–Crippen MR) is 74.9 cm³/mol. The molecule has 0 saturated carbocycles. The van der Waals surface area contributed by atoms with Crippen LogP contribution in [0.5, 0.6) is 0 Å². The van der Waals surface area contributed by atoms with Crippen LogP contribution < -0.4 is 5.32 Å². The van der Waals surface area contributed by atoms with Crippen LogP contribution in [0.4, 0.5) is 5.69 Å². The van der Waals surface area contributed by atoms with Crippen molar-refractivity contribution >= 4 is 23.6 Å². The minimum Gasteiger partial charge on any atom is -0.477 e. The molecule has 1 amide bonds. The number of carboxylic acid groups (broad SMARTS) is 1. The molecular weight excluding hydrogens is 292 g/mol. The smallest absolute Gasteiger partial charge is 0.352 e. The lowest BCUT2D eigenvalue weighted by Gasteiger charge is -2.05. The molecule has 1 aromatic carbocycles. The predicted octanol–water partition coefficient (Wildman–Crippen LogP) is 2.04. The van der Waals surface area contributed by atoms with Crippen molar-refractivity contribution in [3.05, 3.63) is 69.8 Å². The van der Waals surface area contributed by atoms with Crippen molar-refractivity contribution in [1.82, 2.24) is 5.32 Å². The van der Waals surface area contributed by atoms with Crippen molar-refractivity contribution in [2.24, 2.45) is 0 Å². The van der Waals surface area contributed by atoms with E-state index < -0.39 is 22.5 Å². The average molecular weight is 302 g/mol. The number of benzene rings is 1. The molecule has 112 valence electrons. The third-order valence-electron chi connectivity index (χ3n) is 2.63. The third kappa shape index (κ3) is 3.57. The van der Waals surface area contributed by atoms with Gasteiger partial charge in [-0.25, -0.2) is 4.79 Å². The first-order chi connectivity index (χ1) is 10.5. The molecule has 2 rings (SSSR count). The highest BCUT2D eigenvalue weighted by Gasteiger charge is 2.16. The molecule has 0 aliphatic heterocycles. The summed E-state index contributed by atoms with van der Waals surface area (Å²) in [5.41, 5.74) is -0.702. The fraction of sp³-hybridized carbons (Fsp3) is 0. The Morgan fingerprint density at radius 3 is 2.64 bits per heavy atom. The largest absolute Gasteiger partial charge is 0.477 e. The number of carbonyl (C=O) groups is 2. The number of aliphatic carboxylic acids is 1. The molecule has 0 spiro atoms. The number of amides is 1. The third-order valence-corrected chi connectivity index (χ3v) is 2.63. The van der Waals surface area contributed by atoms with E-state index in [2.05, 4.69) is 5.32 Å². The second-order valence-corrected chi connectivity index (χ2v) is 4.14. The fourth-order valence-electron chi connectivity index (χ4n) is 1.62. The number of nitro benzene ring substituents is 1. The van der Waals surface area contributed by atoms with E-state index in [1.807, 2.05) is 0 Å². The van der Waals surface area contributed by atoms with Crippen LogP contribution in [0.1, 0.15) is 16.1 Å². The number of nitro groups is 1. The average Bonchev–Trinajstić information content (AvgIpc) is 2.99. The van der Waals surface area contributed by atoms with Gasteiger partial charge < -0.3 is 14.8 Å². The Labute approximate surface area is 123 Å². The fourth-order valence-corrected chi connectivity index (χ4v) is 1.62. The number of carbonyl (C=O) groups excluding carboxylic acids is 1. The highest BCUT2D eigenvalue weighted by Crippen LogP contribution is 2.14. The van der Waals surface area contributed by atoms with Gasteiger partial charge in [-0.3, -0.25) is 14.9 Å². The van der Waals surface area contributed by atoms with E-state index in [-0.39, 0.29) is 17.0 Å². The summed E-state index contributed by atoms with van der Waals surface area (Å²) in [5.74, 6) is -1.89. The summed E-state index contributed by atoms with van der Waals surface area (Å²) in [6, 6.07) is 8.05. The van der Waals surface area contributed by atoms with Crippen LogP contribution in [0, 0.1) is 10.1 Å². The van der Waals surface area contributed by atoms with Crippen molar-refractivity contribution in [2.45, 2.75) is 0 Å². The van der Waals surface area contributed by atoms with E-state index in [9.17, 15) is 19.7 Å². The van der Waals surface area contributed by atoms with Gasteiger partial charge >= 0.3 is 5.97 Å². The van der Waals surface area contributed by atoms with Gasteiger partial charge in [-0.15, -0.1) is 0 Å². The van der Waals surface area contributed by atoms with Gasteiger partial charge in [-0.1, -0.05) is 6.07 Å². The molecule has 1 heterocycles. The Morgan fingerprint density at radius 2 is 2.05 bits per heavy atom. The molecule has 1 aromatic heterocycles. The van der Waals surface area contributed by atoms with Crippen LogP contribution in [0.25, 0.3) is 6.08 Å². The molecule has 22 heavy (non-hydrogen) atoms. The van der Waals surface area contributed by atoms with Gasteiger partial charge in [0, 0.05) is 23.8 Å². The number of hydrogen-bond acceptors (Lipinski definition) is 5. The lowest BCUT2D eigenvalue weighted by molar-refractivity contribution is -0.384. The van der Waals surface area contributed by atoms with Gasteiger partial charge in [0.25, 0.3) is 11.6 Å². The highest BCUT2D eigenvalue weighted by molar-refractivity contribution is 6.02. The zero-order valence-corrected chi connectivity index (χ0v) is 11.1. The van der Waals surface area contributed by atoms with Crippen LogP contribution in [0.15, 0.2) is 52.8 Å². The Bertz CT molecular complexity index is 748. The van der Waals surface area contributed by atoms with Crippen molar-refractivity contribution in [3.63, 3.8) is 0 Å². The maximum absolute atomic E-state index is 12.0. The van der Waals surface area contributed by atoms with Gasteiger partial charge in [0.05, 0.1) is 11.2 Å². The molecule has 0 bridgehead atoms. The Hall–Kier alpha value is -3.42. The Kier molecular flexibility index (Phi) is 4.33. The monoisotopic (exact) mass is 302 g/mol. The molecule has 8 heteroatoms. The second kappa shape index (κ2) is 6.35. The van der Waals surface area contributed by atoms with Gasteiger partial charge in [-0.2, -0.15) is 0 Å². The standard InChI is InChI=1S/C14H10N2O6/c17-13(9-3-1-4-10(7-9)16(20)21)15-12(14(18)19)8-11-5-2-6-22-11/h1-8H,(H,15,17)(H,18,19). The minimum absolute atomic E-state index is 0.0270. The van der Waals surface area contributed by atoms with Crippen molar-refractivity contribution in [3.8, 4) is 0 Å². The first kappa shape index (κ1) is 15.0. The second-order valence-electron chi connectivity index (χ2n) is 4.14. The first-order valence-corrected chi connectivity index (χ1v) is 6.01. The van der Waals surface area contributed by atoms with Crippen molar-refractivity contribution in [2.75, 3.05) is 0 Å². The van der Waals surface area contributed by atoms with Crippen molar-refractivity contribution in [1.29, 1.82) is 0 Å². The molecule has 8 nitrogen and oxygen atoms in total. The Balaban J connectivity index is 2.24. The summed E-state index contributed by atoms with van der Waals surface area (Å²) in [4.78, 5) is 33.2. The van der Waals surface area contributed by atoms with Gasteiger partial charge in [0.1, 0.15) is 11.5 Å². The van der Waals surface area contributed by atoms with Gasteiger partial charge in [-0.05, 0) is 18.2 Å². The van der Waals surface area contributed by atoms with E-state index >= 15 is 0 Å². The summed E-state index contributed by atoms with van der Waals surface area (Å²) in [6.07, 6.45) is 2.49. The normalized spacial score (nSPS) is 11.0. The first-order valence-electron chi connectivity index (χ1n) is 6.01. The molecule has 0 radical (unpaired) electrons. The zero-order chi connectivity index (χ0) is 16.1. The number of nitrogens with one attached hydrogen (secondary N) is 1. The lowest BCUT2D eigenvalue weighted by Crippen LogP contribution is -2.27. The molecule has 0 fully saturated rings. The van der Waals surface area contributed by atoms with Gasteiger partial charge in [0.2, 0.25) is 0 Å². The van der Waals surface area contributed by atoms with Crippen LogP contribution in [0.2, 0.25) is 0 Å². The molecule has 0 unspecified atom stereocenters. The van der Waals surface area contributed by atoms with Crippen LogP contribution in [-0.4, -0.2) is 21.9 Å². The number of non-ortho nitro benzene ring substituents is 1. The van der Waals surface area contributed by atoms with E-state index in [0.717, 1.165) is 12.1 Å². The summed E-state index contributed by atoms with van der Waals surface area (Å²) in [5, 5.41) is 21.9. The number of nitrogens with zero attached hydrogens (tertiary/aromatic N) is 1. The highest BCUT2D eigenvalue weighted by atomic mass is 16.6. The summed E-state index contributed by atoms with van der Waals surface area (Å²) >= 11 is 0. The molecule has 0 aliphatic rings. The van der Waals surface area contributed by atoms with Crippen LogP contribution >= 0.6 is 0 Å². The number of furan rings is 1. The summed E-state index contributed by atoms with van der Waals surface area (Å²) < 4.78 is 4.97. The SMILES string of the molecule is O=C(O)C(=Cc1ccco1)NC(=O)c1cccc([N+](=O)[O-])c1. The number of carboxylic acids is 1. The molecule has 0 saturated heterocycles. The molecule has 0 aliphatic carbocycles. The lowest BCUT2D eigenvalue weighted by atomic mass is 10.2. The molecule has 2 aromatic rings. The van der Waals surface area contributed by atoms with Crippen LogP contribution in [-0.2, 0) is 4.79 Å². The number of rotatable bonds is 5. The molecule has 0 atom stereocenters. The summed E-state index contributed by atoms with van der Waals surface area (Å²) in [7, 11) is 0. The topological polar surface area (TPSA) is 123 Å². The minimum atomic E-state index is -1.37. The van der Waals surface area contributed by atoms with E-state index in [1.54, 1.807) is 6.07 Å².